The maximum atomic E-state index is 13.0. The lowest BCUT2D eigenvalue weighted by atomic mass is 10.1. The molecule has 2 N–H and O–H groups in total. The van der Waals surface area contributed by atoms with E-state index >= 15 is 0 Å². The van der Waals surface area contributed by atoms with E-state index in [1.807, 2.05) is 30.3 Å². The number of hydrazine groups is 1. The topological polar surface area (TPSA) is 107 Å². The van der Waals surface area contributed by atoms with Gasteiger partial charge < -0.3 is 10.4 Å². The van der Waals surface area contributed by atoms with Crippen molar-refractivity contribution >= 4 is 39.6 Å². The van der Waals surface area contributed by atoms with Gasteiger partial charge in [-0.3, -0.25) is 19.4 Å². The van der Waals surface area contributed by atoms with Gasteiger partial charge in [-0.2, -0.15) is 0 Å². The van der Waals surface area contributed by atoms with E-state index in [2.05, 4.69) is 21.2 Å². The van der Waals surface area contributed by atoms with Crippen molar-refractivity contribution in [1.29, 1.82) is 0 Å². The van der Waals surface area contributed by atoms with Crippen LogP contribution in [-0.4, -0.2) is 62.3 Å². The highest BCUT2D eigenvalue weighted by Gasteiger charge is 2.44. The summed E-state index contributed by atoms with van der Waals surface area (Å²) in [5.74, 6) is -2.37. The maximum absolute atomic E-state index is 13.0. The molecule has 0 aromatic heterocycles. The molecule has 0 saturated carbocycles. The number of carbonyl (C=O) groups is 4. The molecule has 1 aromatic rings. The molecular weight excluding hydrogens is 430 g/mol. The van der Waals surface area contributed by atoms with E-state index < -0.39 is 28.8 Å². The third-order valence-electron chi connectivity index (χ3n) is 5.01. The summed E-state index contributed by atoms with van der Waals surface area (Å²) in [6, 6.07) is 7.43. The van der Waals surface area contributed by atoms with Gasteiger partial charge in [0.05, 0.1) is 4.83 Å². The fourth-order valence-corrected chi connectivity index (χ4v) is 4.07. The van der Waals surface area contributed by atoms with Crippen LogP contribution in [-0.2, 0) is 25.6 Å². The minimum atomic E-state index is -1.15. The van der Waals surface area contributed by atoms with Crippen LogP contribution in [0.4, 0.5) is 0 Å². The van der Waals surface area contributed by atoms with Gasteiger partial charge in [-0.25, -0.2) is 9.80 Å². The summed E-state index contributed by atoms with van der Waals surface area (Å²) in [7, 11) is 0. The Kier molecular flexibility index (Phi) is 6.33. The zero-order valence-electron chi connectivity index (χ0n) is 15.2. The summed E-state index contributed by atoms with van der Waals surface area (Å²) in [6.45, 7) is 0.310. The van der Waals surface area contributed by atoms with Gasteiger partial charge >= 0.3 is 5.97 Å². The number of carbonyl (C=O) groups excluding carboxylic acids is 3. The van der Waals surface area contributed by atoms with Crippen molar-refractivity contribution < 1.29 is 24.3 Å². The Labute approximate surface area is 171 Å². The first-order valence-corrected chi connectivity index (χ1v) is 10.1. The van der Waals surface area contributed by atoms with E-state index in [1.165, 1.54) is 5.01 Å². The van der Waals surface area contributed by atoms with Crippen molar-refractivity contribution in [3.8, 4) is 0 Å². The van der Waals surface area contributed by atoms with E-state index in [0.717, 1.165) is 10.6 Å². The highest BCUT2D eigenvalue weighted by molar-refractivity contribution is 9.10. The molecule has 3 rings (SSSR count). The molecular formula is C19H22BrN3O5. The molecule has 0 spiro atoms. The van der Waals surface area contributed by atoms with Crippen LogP contribution in [0.25, 0.3) is 0 Å². The second kappa shape index (κ2) is 8.72. The molecule has 9 heteroatoms. The second-order valence-corrected chi connectivity index (χ2v) is 8.06. The number of alkyl halides is 1. The zero-order chi connectivity index (χ0) is 20.3. The van der Waals surface area contributed by atoms with E-state index in [0.29, 0.717) is 19.4 Å². The van der Waals surface area contributed by atoms with Gasteiger partial charge in [0.2, 0.25) is 11.8 Å². The predicted octanol–water partition coefficient (Wildman–Crippen LogP) is 1.09. The molecule has 1 unspecified atom stereocenters. The number of hydrogen-bond donors (Lipinski definition) is 2. The van der Waals surface area contributed by atoms with Crippen LogP contribution in [0.3, 0.4) is 0 Å². The molecule has 3 atom stereocenters. The number of benzene rings is 1. The molecule has 0 bridgehead atoms. The van der Waals surface area contributed by atoms with Crippen LogP contribution >= 0.6 is 15.9 Å². The number of hydrogen-bond acceptors (Lipinski definition) is 4. The van der Waals surface area contributed by atoms with Crippen LogP contribution in [0.15, 0.2) is 30.3 Å². The van der Waals surface area contributed by atoms with Gasteiger partial charge in [-0.15, -0.1) is 0 Å². The highest BCUT2D eigenvalue weighted by atomic mass is 79.9. The lowest BCUT2D eigenvalue weighted by Gasteiger charge is -2.41. The molecule has 28 heavy (non-hydrogen) atoms. The highest BCUT2D eigenvalue weighted by Crippen LogP contribution is 2.25. The summed E-state index contributed by atoms with van der Waals surface area (Å²) < 4.78 is 0. The first-order chi connectivity index (χ1) is 13.4. The van der Waals surface area contributed by atoms with Gasteiger partial charge in [-0.1, -0.05) is 46.3 Å². The molecule has 0 radical (unpaired) electrons. The molecule has 1 aromatic carbocycles. The average Bonchev–Trinajstić information content (AvgIpc) is 2.80. The molecule has 2 heterocycles. The number of carboxylic acids is 1. The first-order valence-electron chi connectivity index (χ1n) is 9.23. The van der Waals surface area contributed by atoms with Crippen molar-refractivity contribution in [3.05, 3.63) is 35.9 Å². The van der Waals surface area contributed by atoms with E-state index in [-0.39, 0.29) is 31.1 Å². The van der Waals surface area contributed by atoms with Crippen molar-refractivity contribution in [2.45, 2.75) is 49.0 Å². The van der Waals surface area contributed by atoms with Crippen LogP contribution < -0.4 is 5.32 Å². The minimum Gasteiger partial charge on any atom is -0.480 e. The molecule has 2 saturated heterocycles. The molecule has 3 amide bonds. The SMILES string of the molecule is O=C(NC1CCC(=O)N2CCC[C@@H](C(=O)O)N2C1=O)[C@H](Br)Cc1ccccc1. The number of fused-ring (bicyclic) bond motifs is 1. The Morgan fingerprint density at radius 3 is 2.61 bits per heavy atom. The summed E-state index contributed by atoms with van der Waals surface area (Å²) in [4.78, 5) is 49.0. The molecule has 8 nitrogen and oxygen atoms in total. The average molecular weight is 452 g/mol. The Morgan fingerprint density at radius 2 is 1.93 bits per heavy atom. The number of rotatable bonds is 5. The largest absolute Gasteiger partial charge is 0.480 e. The smallest absolute Gasteiger partial charge is 0.328 e. The molecule has 2 fully saturated rings. The van der Waals surface area contributed by atoms with E-state index in [4.69, 9.17) is 0 Å². The quantitative estimate of drug-likeness (QED) is 0.651. The third kappa shape index (κ3) is 4.35. The Balaban J connectivity index is 1.72. The normalized spacial score (nSPS) is 23.6. The standard InChI is InChI=1S/C19H22BrN3O5/c20-13(11-12-5-2-1-3-6-12)17(25)21-14-8-9-16(24)22-10-4-7-15(19(27)28)23(22)18(14)26/h1-3,5-6,13-15H,4,7-11H2,(H,21,25)(H,27,28)/t13-,14?,15+/m1/s1. The van der Waals surface area contributed by atoms with Crippen molar-refractivity contribution in [2.75, 3.05) is 6.54 Å². The number of halogens is 1. The van der Waals surface area contributed by atoms with Gasteiger partial charge in [-0.05, 0) is 31.2 Å². The van der Waals surface area contributed by atoms with Gasteiger partial charge in [0.1, 0.15) is 6.04 Å². The Morgan fingerprint density at radius 1 is 1.21 bits per heavy atom. The fourth-order valence-electron chi connectivity index (χ4n) is 3.57. The summed E-state index contributed by atoms with van der Waals surface area (Å²) >= 11 is 3.35. The molecule has 2 aliphatic rings. The minimum absolute atomic E-state index is 0.0746. The predicted molar refractivity (Wildman–Crippen MR) is 103 cm³/mol. The summed E-state index contributed by atoms with van der Waals surface area (Å²) in [5, 5.41) is 14.4. The zero-order valence-corrected chi connectivity index (χ0v) is 16.8. The van der Waals surface area contributed by atoms with Crippen LogP contribution in [0.2, 0.25) is 0 Å². The monoisotopic (exact) mass is 451 g/mol. The maximum Gasteiger partial charge on any atom is 0.328 e. The number of aliphatic carboxylic acids is 1. The van der Waals surface area contributed by atoms with Crippen molar-refractivity contribution in [3.63, 3.8) is 0 Å². The lowest BCUT2D eigenvalue weighted by molar-refractivity contribution is -0.180. The Hall–Kier alpha value is -2.42. The first kappa shape index (κ1) is 20.3. The van der Waals surface area contributed by atoms with Gasteiger partial charge in [0.15, 0.2) is 6.04 Å². The number of carboxylic acid groups (broad SMARTS) is 1. The van der Waals surface area contributed by atoms with E-state index in [9.17, 15) is 24.3 Å². The van der Waals surface area contributed by atoms with E-state index in [1.54, 1.807) is 0 Å². The molecule has 2 aliphatic heterocycles. The third-order valence-corrected chi connectivity index (χ3v) is 5.74. The fraction of sp³-hybridized carbons (Fsp3) is 0.474. The van der Waals surface area contributed by atoms with Crippen LogP contribution in [0.5, 0.6) is 0 Å². The number of amides is 3. The number of nitrogens with zero attached hydrogens (tertiary/aromatic N) is 2. The summed E-state index contributed by atoms with van der Waals surface area (Å²) in [6.07, 6.45) is 1.46. The summed E-state index contributed by atoms with van der Waals surface area (Å²) in [5.41, 5.74) is 0.968. The van der Waals surface area contributed by atoms with Gasteiger partial charge in [0.25, 0.3) is 5.91 Å². The van der Waals surface area contributed by atoms with Crippen LogP contribution in [0, 0.1) is 0 Å². The van der Waals surface area contributed by atoms with Crippen LogP contribution in [0.1, 0.15) is 31.2 Å². The number of nitrogens with one attached hydrogen (secondary N) is 1. The van der Waals surface area contributed by atoms with Gasteiger partial charge in [0, 0.05) is 13.0 Å². The van der Waals surface area contributed by atoms with Crippen molar-refractivity contribution in [2.24, 2.45) is 0 Å². The molecule has 150 valence electrons. The van der Waals surface area contributed by atoms with Crippen molar-refractivity contribution in [1.82, 2.24) is 15.3 Å². The molecule has 0 aliphatic carbocycles. The lowest BCUT2D eigenvalue weighted by Crippen LogP contribution is -2.62. The Bertz CT molecular complexity index is 772. The second-order valence-electron chi connectivity index (χ2n) is 6.95.